The topological polar surface area (TPSA) is 35.5 Å². The number of hydrogen-bond donors (Lipinski definition) is 0. The Hall–Kier alpha value is -0.610. The van der Waals surface area contributed by atoms with Crippen molar-refractivity contribution in [3.05, 3.63) is 0 Å². The summed E-state index contributed by atoms with van der Waals surface area (Å²) in [7, 11) is 3.59. The Kier molecular flexibility index (Phi) is 5.72. The molecule has 14 heavy (non-hydrogen) atoms. The molecule has 0 aromatic rings. The van der Waals surface area contributed by atoms with Crippen LogP contribution >= 0.6 is 0 Å². The highest BCUT2D eigenvalue weighted by Gasteiger charge is 2.25. The molecule has 0 aliphatic carbocycles. The number of quaternary nitrogens is 1. The summed E-state index contributed by atoms with van der Waals surface area (Å²) in [5, 5.41) is 0. The van der Waals surface area contributed by atoms with Crippen molar-refractivity contribution in [3.63, 3.8) is 0 Å². The maximum absolute atomic E-state index is 10.9. The van der Waals surface area contributed by atoms with Crippen LogP contribution in [-0.2, 0) is 14.3 Å². The molecule has 0 atom stereocenters. The third kappa shape index (κ3) is 4.07. The Bertz CT molecular complexity index is 176. The molecule has 1 saturated heterocycles. The summed E-state index contributed by atoms with van der Waals surface area (Å²) in [6, 6.07) is 0. The van der Waals surface area contributed by atoms with Crippen molar-refractivity contribution in [2.45, 2.75) is 13.8 Å². The number of esters is 1. The summed E-state index contributed by atoms with van der Waals surface area (Å²) in [4.78, 5) is 10.9. The molecule has 1 aliphatic rings. The van der Waals surface area contributed by atoms with E-state index in [4.69, 9.17) is 4.74 Å². The number of nitrogens with zero attached hydrogens (tertiary/aromatic N) is 1. The van der Waals surface area contributed by atoms with Crippen LogP contribution in [0.1, 0.15) is 13.8 Å². The highest BCUT2D eigenvalue weighted by molar-refractivity contribution is 5.69. The molecule has 1 rings (SSSR count). The smallest absolute Gasteiger partial charge is 0.311 e. The molecule has 0 bridgehead atoms. The molecule has 1 fully saturated rings. The number of likely N-dealkylation sites (N-methyl/N-ethyl adjacent to an activating group) is 1. The van der Waals surface area contributed by atoms with Gasteiger partial charge in [-0.1, -0.05) is 7.43 Å². The number of methoxy groups -OCH3 is 1. The van der Waals surface area contributed by atoms with Gasteiger partial charge >= 0.3 is 5.97 Å². The molecule has 0 radical (unpaired) electrons. The Morgan fingerprint density at radius 2 is 2.00 bits per heavy atom. The normalized spacial score (nSPS) is 19.6. The van der Waals surface area contributed by atoms with E-state index >= 15 is 0 Å². The summed E-state index contributed by atoms with van der Waals surface area (Å²) in [5.74, 6) is -0.120. The van der Waals surface area contributed by atoms with Gasteiger partial charge in [-0.15, -0.1) is 0 Å². The summed E-state index contributed by atoms with van der Waals surface area (Å²) < 4.78 is 10.8. The fourth-order valence-corrected chi connectivity index (χ4v) is 1.47. The predicted molar refractivity (Wildman–Crippen MR) is 55.0 cm³/mol. The number of carbonyl (C=O) groups excluding carboxylic acids is 1. The van der Waals surface area contributed by atoms with Gasteiger partial charge < -0.3 is 14.0 Å². The van der Waals surface area contributed by atoms with E-state index < -0.39 is 0 Å². The van der Waals surface area contributed by atoms with Gasteiger partial charge in [0.25, 0.3) is 0 Å². The van der Waals surface area contributed by atoms with Crippen LogP contribution in [0.25, 0.3) is 0 Å². The van der Waals surface area contributed by atoms with Gasteiger partial charge in [-0.2, -0.15) is 0 Å². The zero-order valence-electron chi connectivity index (χ0n) is 8.41. The minimum Gasteiger partial charge on any atom is -0.469 e. The zero-order valence-corrected chi connectivity index (χ0v) is 8.41. The molecule has 84 valence electrons. The molecule has 0 saturated carbocycles. The lowest BCUT2D eigenvalue weighted by Gasteiger charge is -2.37. The molecule has 1 aliphatic heterocycles. The molecule has 0 unspecified atom stereocenters. The van der Waals surface area contributed by atoms with Crippen LogP contribution in [0.4, 0.5) is 0 Å². The summed E-state index contributed by atoms with van der Waals surface area (Å²) in [5.41, 5.74) is 0. The summed E-state index contributed by atoms with van der Waals surface area (Å²) in [6.07, 6.45) is 0.507. The lowest BCUT2D eigenvalue weighted by Crippen LogP contribution is -2.52. The van der Waals surface area contributed by atoms with E-state index in [0.717, 1.165) is 37.3 Å². The molecule has 0 amide bonds. The van der Waals surface area contributed by atoms with Crippen molar-refractivity contribution < 1.29 is 18.8 Å². The first-order valence-corrected chi connectivity index (χ1v) is 4.64. The number of hydrogen-bond acceptors (Lipinski definition) is 3. The van der Waals surface area contributed by atoms with Gasteiger partial charge in [0.15, 0.2) is 0 Å². The second-order valence-corrected chi connectivity index (χ2v) is 3.73. The van der Waals surface area contributed by atoms with Gasteiger partial charge in [0.1, 0.15) is 13.1 Å². The van der Waals surface area contributed by atoms with E-state index in [0.29, 0.717) is 6.42 Å². The Labute approximate surface area is 86.4 Å². The highest BCUT2D eigenvalue weighted by atomic mass is 16.5. The van der Waals surface area contributed by atoms with Crippen molar-refractivity contribution in [1.82, 2.24) is 0 Å². The van der Waals surface area contributed by atoms with E-state index in [1.807, 2.05) is 0 Å². The fraction of sp³-hybridized carbons (Fsp3) is 0.900. The van der Waals surface area contributed by atoms with Gasteiger partial charge in [-0.05, 0) is 0 Å². The molecular weight excluding hydrogens is 182 g/mol. The van der Waals surface area contributed by atoms with Crippen LogP contribution in [-0.4, -0.2) is 57.5 Å². The highest BCUT2D eigenvalue weighted by Crippen LogP contribution is 2.08. The monoisotopic (exact) mass is 204 g/mol. The average molecular weight is 204 g/mol. The number of carbonyl (C=O) groups is 1. The van der Waals surface area contributed by atoms with Gasteiger partial charge in [0.05, 0.1) is 40.3 Å². The van der Waals surface area contributed by atoms with E-state index in [1.54, 1.807) is 0 Å². The molecule has 0 spiro atoms. The Balaban J connectivity index is 0.00000169. The van der Waals surface area contributed by atoms with Crippen LogP contribution in [0.15, 0.2) is 0 Å². The molecule has 4 nitrogen and oxygen atoms in total. The van der Waals surface area contributed by atoms with Crippen molar-refractivity contribution in [2.24, 2.45) is 0 Å². The first kappa shape index (κ1) is 13.4. The van der Waals surface area contributed by atoms with E-state index in [-0.39, 0.29) is 13.4 Å². The van der Waals surface area contributed by atoms with Gasteiger partial charge in [0, 0.05) is 0 Å². The van der Waals surface area contributed by atoms with Crippen LogP contribution in [0.5, 0.6) is 0 Å². The zero-order chi connectivity index (χ0) is 9.73. The van der Waals surface area contributed by atoms with Gasteiger partial charge in [-0.25, -0.2) is 0 Å². The van der Waals surface area contributed by atoms with Crippen molar-refractivity contribution >= 4 is 5.97 Å². The van der Waals surface area contributed by atoms with E-state index in [1.165, 1.54) is 7.11 Å². The lowest BCUT2D eigenvalue weighted by molar-refractivity contribution is -0.916. The van der Waals surface area contributed by atoms with Gasteiger partial charge in [-0.3, -0.25) is 4.79 Å². The van der Waals surface area contributed by atoms with E-state index in [2.05, 4.69) is 11.8 Å². The molecule has 0 aromatic carbocycles. The first-order valence-electron chi connectivity index (χ1n) is 4.64. The van der Waals surface area contributed by atoms with Crippen molar-refractivity contribution in [1.29, 1.82) is 0 Å². The van der Waals surface area contributed by atoms with Crippen LogP contribution in [0.3, 0.4) is 0 Å². The summed E-state index contributed by atoms with van der Waals surface area (Å²) in [6.45, 7) is 4.46. The standard InChI is InChI=1S/C9H18NO3.CH4/c1-10(4-3-9(11)12-2)5-7-13-8-6-10;/h3-8H2,1-2H3;1H4/q+1;. The average Bonchev–Trinajstić information content (AvgIpc) is 2.15. The van der Waals surface area contributed by atoms with Crippen LogP contribution < -0.4 is 0 Å². The van der Waals surface area contributed by atoms with Crippen LogP contribution in [0, 0.1) is 0 Å². The van der Waals surface area contributed by atoms with Crippen molar-refractivity contribution in [2.75, 3.05) is 47.0 Å². The number of ether oxygens (including phenoxy) is 2. The molecular formula is C10H22NO3+. The molecule has 0 aromatic heterocycles. The lowest BCUT2D eigenvalue weighted by atomic mass is 10.3. The fourth-order valence-electron chi connectivity index (χ4n) is 1.47. The second-order valence-electron chi connectivity index (χ2n) is 3.73. The van der Waals surface area contributed by atoms with Crippen molar-refractivity contribution in [3.8, 4) is 0 Å². The predicted octanol–water partition coefficient (Wildman–Crippen LogP) is 0.662. The van der Waals surface area contributed by atoms with E-state index in [9.17, 15) is 4.79 Å². The molecule has 1 heterocycles. The largest absolute Gasteiger partial charge is 0.469 e. The number of rotatable bonds is 3. The summed E-state index contributed by atoms with van der Waals surface area (Å²) >= 11 is 0. The second kappa shape index (κ2) is 5.98. The molecule has 0 N–H and O–H groups in total. The van der Waals surface area contributed by atoms with Crippen LogP contribution in [0.2, 0.25) is 0 Å². The minimum atomic E-state index is -0.120. The number of morpholine rings is 1. The first-order chi connectivity index (χ1) is 6.16. The maximum atomic E-state index is 10.9. The van der Waals surface area contributed by atoms with Gasteiger partial charge in [0.2, 0.25) is 0 Å². The maximum Gasteiger partial charge on any atom is 0.311 e. The Morgan fingerprint density at radius 1 is 1.43 bits per heavy atom. The SMILES string of the molecule is C.COC(=O)CC[N+]1(C)CCOCC1. The quantitative estimate of drug-likeness (QED) is 0.500. The third-order valence-electron chi connectivity index (χ3n) is 2.63. The molecule has 4 heteroatoms. The third-order valence-corrected chi connectivity index (χ3v) is 2.63. The Morgan fingerprint density at radius 3 is 2.50 bits per heavy atom. The minimum absolute atomic E-state index is 0.